The summed E-state index contributed by atoms with van der Waals surface area (Å²) in [4.78, 5) is 32.6. The van der Waals surface area contributed by atoms with Crippen molar-refractivity contribution in [2.45, 2.75) is 39.2 Å². The number of nitrogens with zero attached hydrogens (tertiary/aromatic N) is 8. The van der Waals surface area contributed by atoms with E-state index in [9.17, 15) is 28.0 Å². The van der Waals surface area contributed by atoms with Crippen LogP contribution in [0.3, 0.4) is 0 Å². The summed E-state index contributed by atoms with van der Waals surface area (Å²) in [6.45, 7) is 4.47. The zero-order valence-electron chi connectivity index (χ0n) is 28.6. The number of hydrogen-bond donors (Lipinski definition) is 1. The normalized spacial score (nSPS) is 12.3. The van der Waals surface area contributed by atoms with Crippen molar-refractivity contribution in [3.05, 3.63) is 123 Å². The summed E-state index contributed by atoms with van der Waals surface area (Å²) < 4.78 is 56.5. The second-order valence-electron chi connectivity index (χ2n) is 12.7. The largest absolute Gasteiger partial charge is 1.00 e. The fraction of sp³-hybridized carbons (Fsp3) is 0.257. The second kappa shape index (κ2) is 14.4. The molecular formula is C35H33ClF3N9O4. The predicted octanol–water partition coefficient (Wildman–Crippen LogP) is 2.48. The Morgan fingerprint density at radius 3 is 2.46 bits per heavy atom. The van der Waals surface area contributed by atoms with Gasteiger partial charge < -0.3 is 31.1 Å². The van der Waals surface area contributed by atoms with Crippen molar-refractivity contribution in [3.63, 3.8) is 0 Å². The number of aromatic nitrogens is 6. The van der Waals surface area contributed by atoms with E-state index in [4.69, 9.17) is 8.94 Å². The molecule has 1 unspecified atom stereocenters. The number of halogens is 4. The number of carbonyl (C=O) groups is 1. The molecule has 0 saturated carbocycles. The monoisotopic (exact) mass is 735 g/mol. The van der Waals surface area contributed by atoms with Gasteiger partial charge >= 0.3 is 6.18 Å². The number of aryl methyl sites for hydroxylation is 1. The zero-order valence-corrected chi connectivity index (χ0v) is 29.4. The smallest absolute Gasteiger partial charge is 0.416 e. The first kappa shape index (κ1) is 37.3. The van der Waals surface area contributed by atoms with E-state index in [-0.39, 0.29) is 35.2 Å². The Labute approximate surface area is 301 Å². The number of amides is 1. The summed E-state index contributed by atoms with van der Waals surface area (Å²) in [7, 11) is 5.45. The van der Waals surface area contributed by atoms with Crippen molar-refractivity contribution in [1.82, 2.24) is 34.6 Å². The van der Waals surface area contributed by atoms with E-state index in [0.717, 1.165) is 22.5 Å². The van der Waals surface area contributed by atoms with E-state index in [1.807, 2.05) is 33.2 Å². The fourth-order valence-corrected chi connectivity index (χ4v) is 5.91. The molecule has 6 rings (SSSR count). The number of alkyl halides is 3. The van der Waals surface area contributed by atoms with Crippen LogP contribution in [-0.4, -0.2) is 53.8 Å². The van der Waals surface area contributed by atoms with Gasteiger partial charge in [-0.05, 0) is 62.4 Å². The van der Waals surface area contributed by atoms with Crippen LogP contribution in [-0.2, 0) is 26.3 Å². The average Bonchev–Trinajstić information content (AvgIpc) is 3.87. The van der Waals surface area contributed by atoms with Crippen LogP contribution in [0.2, 0.25) is 0 Å². The predicted molar refractivity (Wildman–Crippen MR) is 176 cm³/mol. The second-order valence-corrected chi connectivity index (χ2v) is 12.7. The molecule has 52 heavy (non-hydrogen) atoms. The average molecular weight is 736 g/mol. The molecule has 270 valence electrons. The summed E-state index contributed by atoms with van der Waals surface area (Å²) >= 11 is 0. The third-order valence-corrected chi connectivity index (χ3v) is 8.18. The topological polar surface area (TPSA) is 150 Å². The first-order valence-electron chi connectivity index (χ1n) is 15.7. The molecule has 2 aromatic carbocycles. The molecule has 0 aliphatic carbocycles. The molecule has 1 amide bonds. The van der Waals surface area contributed by atoms with Crippen LogP contribution in [0.5, 0.6) is 0 Å². The molecule has 6 aromatic rings. The molecule has 0 radical (unpaired) electrons. The molecule has 0 bridgehead atoms. The minimum atomic E-state index is -4.67. The highest BCUT2D eigenvalue weighted by Crippen LogP contribution is 2.32. The lowest BCUT2D eigenvalue weighted by Gasteiger charge is -2.27. The van der Waals surface area contributed by atoms with E-state index < -0.39 is 29.2 Å². The van der Waals surface area contributed by atoms with Gasteiger partial charge in [-0.15, -0.1) is 0 Å². The molecule has 4 aromatic heterocycles. The summed E-state index contributed by atoms with van der Waals surface area (Å²) in [5, 5.41) is 20.5. The third-order valence-electron chi connectivity index (χ3n) is 8.18. The number of hydrogen-bond acceptors (Lipinski definition) is 8. The highest BCUT2D eigenvalue weighted by Gasteiger charge is 2.33. The number of nitriles is 1. The Morgan fingerprint density at radius 1 is 1.08 bits per heavy atom. The van der Waals surface area contributed by atoms with Crippen molar-refractivity contribution < 1.29 is 43.8 Å². The number of rotatable bonds is 10. The third kappa shape index (κ3) is 7.55. The molecule has 0 spiro atoms. The Balaban J connectivity index is 0.00000523. The van der Waals surface area contributed by atoms with E-state index in [2.05, 4.69) is 20.6 Å². The lowest BCUT2D eigenvalue weighted by atomic mass is 10.1. The highest BCUT2D eigenvalue weighted by atomic mass is 35.5. The molecule has 1 N–H and O–H groups in total. The van der Waals surface area contributed by atoms with Gasteiger partial charge in [-0.25, -0.2) is 14.3 Å². The quantitative estimate of drug-likeness (QED) is 0.211. The van der Waals surface area contributed by atoms with Gasteiger partial charge in [-0.2, -0.15) is 23.5 Å². The SMILES string of the molecule is Cc1cc(C[N+](C)(C)Cc2cnc(C(C)NC(=O)c3c(-c4ccnn4-c4ccc(C#N)cc4)n(C)n(-c4cccc(C(F)(F)F)c4)c3=O)o2)no1.[Cl-]. The Bertz CT molecular complexity index is 2330. The molecule has 17 heteroatoms. The summed E-state index contributed by atoms with van der Waals surface area (Å²) in [5.74, 6) is 0.635. The number of quaternary nitrogens is 1. The van der Waals surface area contributed by atoms with Gasteiger partial charge in [0.05, 0.1) is 60.8 Å². The molecule has 4 heterocycles. The van der Waals surface area contributed by atoms with Gasteiger partial charge in [0.1, 0.15) is 41.8 Å². The van der Waals surface area contributed by atoms with Gasteiger partial charge in [0.25, 0.3) is 11.5 Å². The summed E-state index contributed by atoms with van der Waals surface area (Å²) in [6.07, 6.45) is -1.64. The van der Waals surface area contributed by atoms with E-state index in [1.165, 1.54) is 34.7 Å². The lowest BCUT2D eigenvalue weighted by Crippen LogP contribution is -3.00. The van der Waals surface area contributed by atoms with Crippen LogP contribution < -0.4 is 23.3 Å². The standard InChI is InChI=1S/C35H32F3N9O4.ClH/c1-21-15-25(43-51-21)19-47(4,5)20-28-18-40-33(50-28)22(2)42-32(48)30-31(29-13-14-41-45(29)26-11-9-23(17-39)10-12-26)44(3)46(34(30)49)27-8-6-7-24(16-27)35(36,37)38;/h6-16,18,22H,19-20H2,1-5H3;1H. The molecular weight excluding hydrogens is 703 g/mol. The van der Waals surface area contributed by atoms with Crippen LogP contribution in [0.15, 0.2) is 86.8 Å². The number of nitrogens with one attached hydrogen (secondary N) is 1. The van der Waals surface area contributed by atoms with Gasteiger partial charge in [0, 0.05) is 13.1 Å². The minimum Gasteiger partial charge on any atom is -1.00 e. The van der Waals surface area contributed by atoms with Crippen molar-refractivity contribution >= 4 is 5.91 Å². The fourth-order valence-electron chi connectivity index (χ4n) is 5.91. The number of oxazole rings is 1. The Morgan fingerprint density at radius 2 is 1.81 bits per heavy atom. The van der Waals surface area contributed by atoms with Gasteiger partial charge in [-0.1, -0.05) is 11.2 Å². The maximum absolute atomic E-state index is 14.2. The summed E-state index contributed by atoms with van der Waals surface area (Å²) in [5.41, 5.74) is -0.185. The van der Waals surface area contributed by atoms with Gasteiger partial charge in [0.15, 0.2) is 5.76 Å². The van der Waals surface area contributed by atoms with Crippen LogP contribution in [0.4, 0.5) is 13.2 Å². The first-order valence-corrected chi connectivity index (χ1v) is 15.7. The van der Waals surface area contributed by atoms with Gasteiger partial charge in [0.2, 0.25) is 5.89 Å². The van der Waals surface area contributed by atoms with Crippen LogP contribution in [0.25, 0.3) is 22.8 Å². The van der Waals surface area contributed by atoms with E-state index in [1.54, 1.807) is 43.5 Å². The van der Waals surface area contributed by atoms with Crippen LogP contribution in [0, 0.1) is 18.3 Å². The zero-order chi connectivity index (χ0) is 36.7. The number of carbonyl (C=O) groups excluding carboxylic acids is 1. The molecule has 0 aliphatic rings. The molecule has 1 atom stereocenters. The van der Waals surface area contributed by atoms with E-state index >= 15 is 0 Å². The molecule has 0 saturated heterocycles. The van der Waals surface area contributed by atoms with Crippen LogP contribution >= 0.6 is 0 Å². The molecule has 0 fully saturated rings. The van der Waals surface area contributed by atoms with Crippen LogP contribution in [0.1, 0.15) is 57.6 Å². The molecule has 13 nitrogen and oxygen atoms in total. The van der Waals surface area contributed by atoms with Gasteiger partial charge in [-0.3, -0.25) is 14.3 Å². The first-order chi connectivity index (χ1) is 24.1. The Hall–Kier alpha value is -5.92. The van der Waals surface area contributed by atoms with Crippen molar-refractivity contribution in [2.75, 3.05) is 14.1 Å². The van der Waals surface area contributed by atoms with E-state index in [0.29, 0.717) is 46.0 Å². The highest BCUT2D eigenvalue weighted by molar-refractivity contribution is 6.00. The number of benzene rings is 2. The Kier molecular flexibility index (Phi) is 10.3. The van der Waals surface area contributed by atoms with Crippen molar-refractivity contribution in [1.29, 1.82) is 5.26 Å². The maximum Gasteiger partial charge on any atom is 0.416 e. The summed E-state index contributed by atoms with van der Waals surface area (Å²) in [6, 6.07) is 15.4. The molecule has 0 aliphatic heterocycles. The van der Waals surface area contributed by atoms with Crippen molar-refractivity contribution in [2.24, 2.45) is 7.05 Å². The van der Waals surface area contributed by atoms with Crippen molar-refractivity contribution in [3.8, 4) is 28.8 Å². The maximum atomic E-state index is 14.2. The minimum absolute atomic E-state index is 0. The lowest BCUT2D eigenvalue weighted by molar-refractivity contribution is -0.918.